The quantitative estimate of drug-likeness (QED) is 0.586. The lowest BCUT2D eigenvalue weighted by atomic mass is 9.78. The topological polar surface area (TPSA) is 80.8 Å². The van der Waals surface area contributed by atoms with Gasteiger partial charge < -0.3 is 10.5 Å². The fraction of sp³-hybridized carbons (Fsp3) is 0.480. The lowest BCUT2D eigenvalue weighted by molar-refractivity contribution is -0.131. The highest BCUT2D eigenvalue weighted by atomic mass is 19.1. The van der Waals surface area contributed by atoms with Crippen molar-refractivity contribution in [3.8, 4) is 11.1 Å². The van der Waals surface area contributed by atoms with Crippen LogP contribution in [0.2, 0.25) is 0 Å². The Balaban J connectivity index is 2.01. The number of aliphatic imine (C=N–C) groups is 1. The number of hydrogen-bond acceptors (Lipinski definition) is 5. The van der Waals surface area contributed by atoms with E-state index in [2.05, 4.69) is 18.8 Å². The molecule has 7 heteroatoms. The molecule has 32 heavy (non-hydrogen) atoms. The maximum Gasteiger partial charge on any atom is 0.261 e. The van der Waals surface area contributed by atoms with Crippen molar-refractivity contribution in [2.75, 3.05) is 13.7 Å². The van der Waals surface area contributed by atoms with Crippen LogP contribution in [0, 0.1) is 18.8 Å². The SMILES string of the molecule is CCOC(C)CCC(C)CC1(c2cc(-c3cccnc3F)ccc2C)N=C(N)N(C)C1=O. The van der Waals surface area contributed by atoms with Gasteiger partial charge in [0.25, 0.3) is 5.91 Å². The molecular formula is C25H33FN4O2. The number of amides is 1. The van der Waals surface area contributed by atoms with Crippen molar-refractivity contribution in [3.05, 3.63) is 53.6 Å². The predicted molar refractivity (Wildman–Crippen MR) is 125 cm³/mol. The van der Waals surface area contributed by atoms with Crippen LogP contribution in [0.4, 0.5) is 4.39 Å². The number of carbonyl (C=O) groups excluding carboxylic acids is 1. The molecule has 3 unspecified atom stereocenters. The standard InChI is InChI=1S/C25H33FN4O2/c1-6-32-18(4)11-9-16(2)15-25(23(31)30(5)24(27)29-25)21-14-19(12-10-17(21)3)20-8-7-13-28-22(20)26/h7-8,10,12-14,16,18H,6,9,11,15H2,1-5H3,(H2,27,29). The first-order chi connectivity index (χ1) is 15.2. The Hall–Kier alpha value is -2.80. The summed E-state index contributed by atoms with van der Waals surface area (Å²) in [6.45, 7) is 8.80. The molecule has 1 aromatic carbocycles. The van der Waals surface area contributed by atoms with Crippen LogP contribution in [0.15, 0.2) is 41.5 Å². The van der Waals surface area contributed by atoms with Gasteiger partial charge in [-0.1, -0.05) is 19.1 Å². The molecule has 1 amide bonds. The average molecular weight is 441 g/mol. The molecular weight excluding hydrogens is 407 g/mol. The van der Waals surface area contributed by atoms with E-state index >= 15 is 0 Å². The predicted octanol–water partition coefficient (Wildman–Crippen LogP) is 4.41. The Labute approximate surface area is 189 Å². The smallest absolute Gasteiger partial charge is 0.261 e. The second kappa shape index (κ2) is 9.77. The second-order valence-corrected chi connectivity index (χ2v) is 8.72. The number of halogens is 1. The number of nitrogens with two attached hydrogens (primary N) is 1. The molecule has 3 atom stereocenters. The van der Waals surface area contributed by atoms with Crippen LogP contribution in [-0.2, 0) is 15.1 Å². The Morgan fingerprint density at radius 3 is 2.62 bits per heavy atom. The normalized spacial score (nSPS) is 20.4. The summed E-state index contributed by atoms with van der Waals surface area (Å²) in [6.07, 6.45) is 3.88. The van der Waals surface area contributed by atoms with Crippen LogP contribution in [0.3, 0.4) is 0 Å². The molecule has 0 aliphatic carbocycles. The van der Waals surface area contributed by atoms with Crippen molar-refractivity contribution in [1.82, 2.24) is 9.88 Å². The van der Waals surface area contributed by atoms with Crippen LogP contribution in [0.5, 0.6) is 0 Å². The Kier molecular flexibility index (Phi) is 7.29. The lowest BCUT2D eigenvalue weighted by Gasteiger charge is -2.30. The summed E-state index contributed by atoms with van der Waals surface area (Å²) in [7, 11) is 1.64. The van der Waals surface area contributed by atoms with Crippen molar-refractivity contribution in [2.24, 2.45) is 16.6 Å². The molecule has 0 bridgehead atoms. The average Bonchev–Trinajstić information content (AvgIpc) is 2.97. The third-order valence-electron chi connectivity index (χ3n) is 6.22. The minimum atomic E-state index is -1.13. The van der Waals surface area contributed by atoms with E-state index < -0.39 is 11.5 Å². The molecule has 172 valence electrons. The van der Waals surface area contributed by atoms with Gasteiger partial charge in [0.05, 0.1) is 6.10 Å². The van der Waals surface area contributed by atoms with Gasteiger partial charge in [-0.25, -0.2) is 9.98 Å². The Morgan fingerprint density at radius 1 is 1.25 bits per heavy atom. The number of aryl methyl sites for hydroxylation is 1. The maximum absolute atomic E-state index is 14.4. The molecule has 0 spiro atoms. The monoisotopic (exact) mass is 440 g/mol. The number of hydrogen-bond donors (Lipinski definition) is 1. The van der Waals surface area contributed by atoms with E-state index in [1.54, 1.807) is 19.2 Å². The lowest BCUT2D eigenvalue weighted by Crippen LogP contribution is -2.41. The van der Waals surface area contributed by atoms with Crippen LogP contribution < -0.4 is 5.73 Å². The van der Waals surface area contributed by atoms with Crippen LogP contribution >= 0.6 is 0 Å². The fourth-order valence-electron chi connectivity index (χ4n) is 4.45. The molecule has 0 radical (unpaired) electrons. The van der Waals surface area contributed by atoms with Gasteiger partial charge in [-0.05, 0) is 80.8 Å². The van der Waals surface area contributed by atoms with Crippen molar-refractivity contribution in [2.45, 2.75) is 58.6 Å². The number of benzene rings is 1. The summed E-state index contributed by atoms with van der Waals surface area (Å²) < 4.78 is 20.0. The molecule has 1 aliphatic heterocycles. The number of rotatable bonds is 9. The zero-order chi connectivity index (χ0) is 23.5. The number of nitrogens with zero attached hydrogens (tertiary/aromatic N) is 3. The van der Waals surface area contributed by atoms with E-state index in [0.717, 1.165) is 24.0 Å². The minimum Gasteiger partial charge on any atom is -0.379 e. The third-order valence-corrected chi connectivity index (χ3v) is 6.22. The Bertz CT molecular complexity index is 1010. The van der Waals surface area contributed by atoms with E-state index in [4.69, 9.17) is 15.5 Å². The van der Waals surface area contributed by atoms with Crippen molar-refractivity contribution in [3.63, 3.8) is 0 Å². The first kappa shape index (κ1) is 23.9. The van der Waals surface area contributed by atoms with Gasteiger partial charge in [0.1, 0.15) is 0 Å². The summed E-state index contributed by atoms with van der Waals surface area (Å²) in [5, 5.41) is 0. The number of ether oxygens (including phenoxy) is 1. The van der Waals surface area contributed by atoms with E-state index in [1.165, 1.54) is 11.1 Å². The van der Waals surface area contributed by atoms with Gasteiger partial charge in [-0.3, -0.25) is 9.69 Å². The molecule has 2 aromatic rings. The summed E-state index contributed by atoms with van der Waals surface area (Å²) in [5.74, 6) is -0.315. The highest BCUT2D eigenvalue weighted by Crippen LogP contribution is 2.42. The molecule has 0 fully saturated rings. The number of carbonyl (C=O) groups is 1. The van der Waals surface area contributed by atoms with Crippen LogP contribution in [0.25, 0.3) is 11.1 Å². The zero-order valence-electron chi connectivity index (χ0n) is 19.6. The van der Waals surface area contributed by atoms with E-state index in [1.807, 2.05) is 32.0 Å². The molecule has 1 aliphatic rings. The summed E-state index contributed by atoms with van der Waals surface area (Å²) >= 11 is 0. The van der Waals surface area contributed by atoms with Crippen LogP contribution in [0.1, 0.15) is 51.2 Å². The van der Waals surface area contributed by atoms with Gasteiger partial charge in [0.2, 0.25) is 5.95 Å². The van der Waals surface area contributed by atoms with Gasteiger partial charge in [-0.15, -0.1) is 0 Å². The number of guanidine groups is 1. The molecule has 0 saturated carbocycles. The number of likely N-dealkylation sites (N-methyl/N-ethyl adjacent to an activating group) is 1. The molecule has 2 heterocycles. The zero-order valence-corrected chi connectivity index (χ0v) is 19.6. The molecule has 1 aromatic heterocycles. The highest BCUT2D eigenvalue weighted by molar-refractivity contribution is 6.07. The number of aromatic nitrogens is 1. The molecule has 2 N–H and O–H groups in total. The van der Waals surface area contributed by atoms with Gasteiger partial charge in [0.15, 0.2) is 11.5 Å². The third kappa shape index (κ3) is 4.67. The molecule has 0 saturated heterocycles. The maximum atomic E-state index is 14.4. The minimum absolute atomic E-state index is 0.160. The highest BCUT2D eigenvalue weighted by Gasteiger charge is 2.49. The molecule has 6 nitrogen and oxygen atoms in total. The van der Waals surface area contributed by atoms with Gasteiger partial charge in [0, 0.05) is 25.4 Å². The van der Waals surface area contributed by atoms with Crippen molar-refractivity contribution in [1.29, 1.82) is 0 Å². The summed E-state index contributed by atoms with van der Waals surface area (Å²) in [6, 6.07) is 8.98. The first-order valence-electron chi connectivity index (χ1n) is 11.2. The first-order valence-corrected chi connectivity index (χ1v) is 11.2. The van der Waals surface area contributed by atoms with E-state index in [-0.39, 0.29) is 23.9 Å². The fourth-order valence-corrected chi connectivity index (χ4v) is 4.45. The number of pyridine rings is 1. The molecule has 3 rings (SSSR count). The largest absolute Gasteiger partial charge is 0.379 e. The summed E-state index contributed by atoms with van der Waals surface area (Å²) in [4.78, 5) is 23.4. The van der Waals surface area contributed by atoms with E-state index in [0.29, 0.717) is 24.2 Å². The van der Waals surface area contributed by atoms with Crippen LogP contribution in [-0.4, -0.2) is 41.5 Å². The van der Waals surface area contributed by atoms with Crippen molar-refractivity contribution >= 4 is 11.9 Å². The van der Waals surface area contributed by atoms with Gasteiger partial charge >= 0.3 is 0 Å². The summed E-state index contributed by atoms with van der Waals surface area (Å²) in [5.41, 5.74) is 7.68. The van der Waals surface area contributed by atoms with Gasteiger partial charge in [-0.2, -0.15) is 4.39 Å². The Morgan fingerprint density at radius 2 is 2.00 bits per heavy atom. The second-order valence-electron chi connectivity index (χ2n) is 8.72. The van der Waals surface area contributed by atoms with E-state index in [9.17, 15) is 9.18 Å². The van der Waals surface area contributed by atoms with Crippen molar-refractivity contribution < 1.29 is 13.9 Å².